The number of fused-ring (bicyclic) bond motifs is 2. The Hall–Kier alpha value is -2.76. The van der Waals surface area contributed by atoms with E-state index in [4.69, 9.17) is 9.72 Å². The topological polar surface area (TPSA) is 42.4 Å². The lowest BCUT2D eigenvalue weighted by molar-refractivity contribution is 0.0919. The van der Waals surface area contributed by atoms with Crippen molar-refractivity contribution in [2.75, 3.05) is 18.1 Å². The zero-order valence-electron chi connectivity index (χ0n) is 17.0. The second kappa shape index (κ2) is 8.17. The van der Waals surface area contributed by atoms with Gasteiger partial charge in [0.15, 0.2) is 5.13 Å². The number of carbonyl (C=O) groups excluding carboxylic acids is 1. The smallest absolute Gasteiger partial charge is 0.260 e. The van der Waals surface area contributed by atoms with Gasteiger partial charge in [-0.15, -0.1) is 0 Å². The van der Waals surface area contributed by atoms with E-state index in [2.05, 4.69) is 25.1 Å². The molecular weight excluding hydrogens is 392 g/mol. The van der Waals surface area contributed by atoms with Crippen molar-refractivity contribution in [2.45, 2.75) is 32.3 Å². The van der Waals surface area contributed by atoms with Gasteiger partial charge in [0.05, 0.1) is 22.9 Å². The van der Waals surface area contributed by atoms with E-state index >= 15 is 0 Å². The van der Waals surface area contributed by atoms with Gasteiger partial charge in [-0.05, 0) is 47.7 Å². The number of rotatable bonds is 5. The van der Waals surface area contributed by atoms with Gasteiger partial charge in [0.1, 0.15) is 0 Å². The van der Waals surface area contributed by atoms with Crippen LogP contribution in [0.25, 0.3) is 21.0 Å². The second-order valence-electron chi connectivity index (χ2n) is 7.69. The molecule has 152 valence electrons. The number of aryl methyl sites for hydroxylation is 1. The summed E-state index contributed by atoms with van der Waals surface area (Å²) in [4.78, 5) is 20.6. The van der Waals surface area contributed by atoms with Gasteiger partial charge in [-0.2, -0.15) is 0 Å². The Bertz CT molecular complexity index is 1200. The number of ether oxygens (including phenoxy) is 1. The lowest BCUT2D eigenvalue weighted by Crippen LogP contribution is -2.37. The molecule has 0 aliphatic carbocycles. The molecule has 1 unspecified atom stereocenters. The van der Waals surface area contributed by atoms with Crippen LogP contribution in [0.4, 0.5) is 5.13 Å². The minimum absolute atomic E-state index is 0.0144. The fourth-order valence-corrected chi connectivity index (χ4v) is 5.21. The van der Waals surface area contributed by atoms with Gasteiger partial charge in [0.25, 0.3) is 5.91 Å². The molecule has 0 bridgehead atoms. The fraction of sp³-hybridized carbons (Fsp3) is 0.280. The largest absolute Gasteiger partial charge is 0.376 e. The molecule has 0 spiro atoms. The van der Waals surface area contributed by atoms with Crippen LogP contribution < -0.4 is 4.90 Å². The number of anilines is 1. The average molecular weight is 417 g/mol. The highest BCUT2D eigenvalue weighted by atomic mass is 32.1. The lowest BCUT2D eigenvalue weighted by Gasteiger charge is -2.23. The SMILES string of the molecule is CCc1cccc2sc(N(CC3CCCO3)C(=O)c3cccc4ccccc34)nc12. The van der Waals surface area contributed by atoms with E-state index in [0.717, 1.165) is 52.0 Å². The molecule has 2 heterocycles. The van der Waals surface area contributed by atoms with Crippen LogP contribution in [-0.4, -0.2) is 30.1 Å². The summed E-state index contributed by atoms with van der Waals surface area (Å²) in [5.41, 5.74) is 2.92. The third-order valence-corrected chi connectivity index (χ3v) is 6.82. The van der Waals surface area contributed by atoms with E-state index < -0.39 is 0 Å². The van der Waals surface area contributed by atoms with Crippen LogP contribution in [0.5, 0.6) is 0 Å². The van der Waals surface area contributed by atoms with Crippen LogP contribution in [-0.2, 0) is 11.2 Å². The van der Waals surface area contributed by atoms with E-state index in [1.807, 2.05) is 47.4 Å². The summed E-state index contributed by atoms with van der Waals surface area (Å²) in [5, 5.41) is 2.79. The first-order chi connectivity index (χ1) is 14.7. The highest BCUT2D eigenvalue weighted by Gasteiger charge is 2.28. The highest BCUT2D eigenvalue weighted by Crippen LogP contribution is 2.33. The minimum Gasteiger partial charge on any atom is -0.376 e. The number of carbonyl (C=O) groups is 1. The molecule has 1 fully saturated rings. The molecule has 4 nitrogen and oxygen atoms in total. The summed E-state index contributed by atoms with van der Waals surface area (Å²) in [6.45, 7) is 3.43. The van der Waals surface area contributed by atoms with Crippen molar-refractivity contribution in [1.82, 2.24) is 4.98 Å². The maximum Gasteiger partial charge on any atom is 0.260 e. The predicted octanol–water partition coefficient (Wildman–Crippen LogP) is 5.84. The Morgan fingerprint density at radius 3 is 2.80 bits per heavy atom. The van der Waals surface area contributed by atoms with Crippen molar-refractivity contribution in [3.8, 4) is 0 Å². The lowest BCUT2D eigenvalue weighted by atomic mass is 10.0. The molecule has 0 radical (unpaired) electrons. The summed E-state index contributed by atoms with van der Waals surface area (Å²) >= 11 is 1.59. The summed E-state index contributed by atoms with van der Waals surface area (Å²) in [6, 6.07) is 20.2. The standard InChI is InChI=1S/C25H24N2O2S/c1-2-17-9-6-14-22-23(17)26-25(30-22)27(16-19-11-7-15-29-19)24(28)21-13-5-10-18-8-3-4-12-20(18)21/h3-6,8-10,12-14,19H,2,7,11,15-16H2,1H3. The maximum atomic E-state index is 13.8. The molecule has 1 amide bonds. The highest BCUT2D eigenvalue weighted by molar-refractivity contribution is 7.22. The van der Waals surface area contributed by atoms with Crippen molar-refractivity contribution in [1.29, 1.82) is 0 Å². The Balaban J connectivity index is 1.60. The van der Waals surface area contributed by atoms with E-state index in [9.17, 15) is 4.79 Å². The van der Waals surface area contributed by atoms with E-state index in [1.54, 1.807) is 11.3 Å². The number of aromatic nitrogens is 1. The monoisotopic (exact) mass is 416 g/mol. The molecule has 30 heavy (non-hydrogen) atoms. The summed E-state index contributed by atoms with van der Waals surface area (Å²) in [5.74, 6) is -0.0144. The van der Waals surface area contributed by atoms with E-state index in [0.29, 0.717) is 12.1 Å². The Morgan fingerprint density at radius 1 is 1.13 bits per heavy atom. The van der Waals surface area contributed by atoms with E-state index in [-0.39, 0.29) is 12.0 Å². The zero-order valence-corrected chi connectivity index (χ0v) is 17.8. The first kappa shape index (κ1) is 19.2. The molecule has 1 aliphatic heterocycles. The number of nitrogens with zero attached hydrogens (tertiary/aromatic N) is 2. The Morgan fingerprint density at radius 2 is 1.97 bits per heavy atom. The van der Waals surface area contributed by atoms with Crippen molar-refractivity contribution in [2.24, 2.45) is 0 Å². The van der Waals surface area contributed by atoms with Crippen molar-refractivity contribution < 1.29 is 9.53 Å². The predicted molar refractivity (Wildman–Crippen MR) is 124 cm³/mol. The maximum absolute atomic E-state index is 13.8. The average Bonchev–Trinajstić information content (AvgIpc) is 3.46. The quantitative estimate of drug-likeness (QED) is 0.411. The molecule has 1 saturated heterocycles. The van der Waals surface area contributed by atoms with Crippen molar-refractivity contribution in [3.05, 3.63) is 71.8 Å². The second-order valence-corrected chi connectivity index (χ2v) is 8.70. The molecule has 3 aromatic carbocycles. The van der Waals surface area contributed by atoms with Crippen molar-refractivity contribution >= 4 is 43.4 Å². The summed E-state index contributed by atoms with van der Waals surface area (Å²) in [6.07, 6.45) is 3.00. The molecule has 5 heteroatoms. The third-order valence-electron chi connectivity index (χ3n) is 5.78. The van der Waals surface area contributed by atoms with Crippen LogP contribution in [0.2, 0.25) is 0 Å². The number of hydrogen-bond acceptors (Lipinski definition) is 4. The van der Waals surface area contributed by atoms with Crippen LogP contribution in [0, 0.1) is 0 Å². The van der Waals surface area contributed by atoms with E-state index in [1.165, 1.54) is 5.56 Å². The van der Waals surface area contributed by atoms with Gasteiger partial charge in [-0.1, -0.05) is 66.8 Å². The summed E-state index contributed by atoms with van der Waals surface area (Å²) in [7, 11) is 0. The summed E-state index contributed by atoms with van der Waals surface area (Å²) < 4.78 is 7.00. The normalized spacial score (nSPS) is 16.4. The molecule has 0 saturated carbocycles. The fourth-order valence-electron chi connectivity index (χ4n) is 4.19. The molecule has 1 aromatic heterocycles. The van der Waals surface area contributed by atoms with Gasteiger partial charge < -0.3 is 4.74 Å². The first-order valence-corrected chi connectivity index (χ1v) is 11.4. The van der Waals surface area contributed by atoms with Gasteiger partial charge in [0.2, 0.25) is 0 Å². The molecule has 1 aliphatic rings. The number of thiazole rings is 1. The Labute approximate surface area is 180 Å². The van der Waals surface area contributed by atoms with Gasteiger partial charge in [-0.25, -0.2) is 4.98 Å². The van der Waals surface area contributed by atoms with Crippen molar-refractivity contribution in [3.63, 3.8) is 0 Å². The number of hydrogen-bond donors (Lipinski definition) is 0. The zero-order chi connectivity index (χ0) is 20.5. The number of para-hydroxylation sites is 1. The molecule has 5 rings (SSSR count). The minimum atomic E-state index is -0.0144. The Kier molecular flexibility index (Phi) is 5.23. The molecule has 4 aromatic rings. The third kappa shape index (κ3) is 3.48. The van der Waals surface area contributed by atoms with Crippen LogP contribution >= 0.6 is 11.3 Å². The number of amides is 1. The van der Waals surface area contributed by atoms with Gasteiger partial charge in [-0.3, -0.25) is 9.69 Å². The molecular formula is C25H24N2O2S. The van der Waals surface area contributed by atoms with Crippen LogP contribution in [0.1, 0.15) is 35.7 Å². The molecule has 0 N–H and O–H groups in total. The van der Waals surface area contributed by atoms with Crippen LogP contribution in [0.15, 0.2) is 60.7 Å². The first-order valence-electron chi connectivity index (χ1n) is 10.5. The van der Waals surface area contributed by atoms with Crippen LogP contribution in [0.3, 0.4) is 0 Å². The number of benzene rings is 3. The van der Waals surface area contributed by atoms with Gasteiger partial charge in [0, 0.05) is 12.2 Å². The van der Waals surface area contributed by atoms with Gasteiger partial charge >= 0.3 is 0 Å². The molecule has 1 atom stereocenters.